The molecule has 3 nitrogen and oxygen atoms in total. The Morgan fingerprint density at radius 3 is 2.57 bits per heavy atom. The molecule has 0 saturated carbocycles. The molecular weight excluding hydrogens is 284 g/mol. The summed E-state index contributed by atoms with van der Waals surface area (Å²) in [5.41, 5.74) is 5.23. The van der Waals surface area contributed by atoms with E-state index in [1.807, 2.05) is 70.4 Å². The van der Waals surface area contributed by atoms with E-state index < -0.39 is 0 Å². The van der Waals surface area contributed by atoms with Crippen LogP contribution in [0.3, 0.4) is 0 Å². The molecule has 2 heterocycles. The van der Waals surface area contributed by atoms with Gasteiger partial charge in [-0.2, -0.15) is 0 Å². The highest BCUT2D eigenvalue weighted by Gasteiger charge is 2.25. The van der Waals surface area contributed by atoms with Crippen LogP contribution in [0.1, 0.15) is 21.5 Å². The van der Waals surface area contributed by atoms with Crippen LogP contribution < -0.4 is 4.90 Å². The minimum Gasteiger partial charge on any atom is -0.324 e. The minimum absolute atomic E-state index is 0.0726. The van der Waals surface area contributed by atoms with Crippen molar-refractivity contribution in [2.24, 2.45) is 0 Å². The lowest BCUT2D eigenvalue weighted by Crippen LogP contribution is -2.29. The number of amides is 1. The summed E-state index contributed by atoms with van der Waals surface area (Å²) in [5.74, 6) is 0.0726. The lowest BCUT2D eigenvalue weighted by molar-refractivity contribution is 0.0989. The Hall–Kier alpha value is -2.81. The number of hydrogen-bond acceptors (Lipinski definition) is 1. The van der Waals surface area contributed by atoms with Gasteiger partial charge in [-0.05, 0) is 54.8 Å². The molecule has 0 unspecified atom stereocenters. The van der Waals surface area contributed by atoms with Crippen molar-refractivity contribution in [1.29, 1.82) is 0 Å². The lowest BCUT2D eigenvalue weighted by Gasteiger charge is -2.18. The number of carbonyl (C=O) groups is 1. The molecule has 0 bridgehead atoms. The van der Waals surface area contributed by atoms with Gasteiger partial charge < -0.3 is 9.47 Å². The smallest absolute Gasteiger partial charge is 0.258 e. The van der Waals surface area contributed by atoms with Gasteiger partial charge in [0.1, 0.15) is 0 Å². The summed E-state index contributed by atoms with van der Waals surface area (Å²) in [6, 6.07) is 18.1. The van der Waals surface area contributed by atoms with Gasteiger partial charge in [0, 0.05) is 35.9 Å². The van der Waals surface area contributed by atoms with Crippen LogP contribution in [0.25, 0.3) is 5.69 Å². The van der Waals surface area contributed by atoms with E-state index in [0.717, 1.165) is 35.5 Å². The maximum absolute atomic E-state index is 13.0. The molecule has 0 radical (unpaired) electrons. The topological polar surface area (TPSA) is 25.2 Å². The molecular formula is C20H18N2O. The van der Waals surface area contributed by atoms with Crippen LogP contribution in [0.2, 0.25) is 0 Å². The van der Waals surface area contributed by atoms with E-state index in [-0.39, 0.29) is 5.91 Å². The predicted molar refractivity (Wildman–Crippen MR) is 92.3 cm³/mol. The highest BCUT2D eigenvalue weighted by Crippen LogP contribution is 2.29. The molecule has 3 aromatic rings. The van der Waals surface area contributed by atoms with Crippen LogP contribution in [0.5, 0.6) is 0 Å². The Bertz CT molecular complexity index is 865. The number of rotatable bonds is 2. The fourth-order valence-corrected chi connectivity index (χ4v) is 3.22. The third-order valence-corrected chi connectivity index (χ3v) is 4.47. The van der Waals surface area contributed by atoms with Crippen molar-refractivity contribution in [3.8, 4) is 5.69 Å². The number of anilines is 1. The molecule has 0 aliphatic carbocycles. The fourth-order valence-electron chi connectivity index (χ4n) is 3.22. The SMILES string of the molecule is Cc1ccc(C(=O)N2CCc3ccccc32)cc1-n1cccc1. The summed E-state index contributed by atoms with van der Waals surface area (Å²) in [4.78, 5) is 14.8. The van der Waals surface area contributed by atoms with Crippen molar-refractivity contribution in [2.45, 2.75) is 13.3 Å². The number of nitrogens with zero attached hydrogens (tertiary/aromatic N) is 2. The van der Waals surface area contributed by atoms with E-state index in [1.54, 1.807) is 0 Å². The third kappa shape index (κ3) is 2.34. The molecule has 114 valence electrons. The number of hydrogen-bond donors (Lipinski definition) is 0. The zero-order valence-corrected chi connectivity index (χ0v) is 13.1. The Labute approximate surface area is 135 Å². The van der Waals surface area contributed by atoms with E-state index in [2.05, 4.69) is 13.0 Å². The van der Waals surface area contributed by atoms with Crippen LogP contribution in [0.4, 0.5) is 5.69 Å². The van der Waals surface area contributed by atoms with Crippen molar-refractivity contribution < 1.29 is 4.79 Å². The van der Waals surface area contributed by atoms with Crippen LogP contribution >= 0.6 is 0 Å². The van der Waals surface area contributed by atoms with Gasteiger partial charge >= 0.3 is 0 Å². The first-order chi connectivity index (χ1) is 11.2. The second kappa shape index (κ2) is 5.43. The zero-order chi connectivity index (χ0) is 15.8. The van der Waals surface area contributed by atoms with E-state index in [1.165, 1.54) is 5.56 Å². The number of aryl methyl sites for hydroxylation is 1. The number of carbonyl (C=O) groups excluding carboxylic acids is 1. The Morgan fingerprint density at radius 2 is 1.74 bits per heavy atom. The first kappa shape index (κ1) is 13.8. The van der Waals surface area contributed by atoms with Crippen molar-refractivity contribution in [3.05, 3.63) is 83.7 Å². The van der Waals surface area contributed by atoms with Gasteiger partial charge in [0.2, 0.25) is 0 Å². The van der Waals surface area contributed by atoms with E-state index in [4.69, 9.17) is 0 Å². The molecule has 0 fully saturated rings. The molecule has 1 aliphatic rings. The minimum atomic E-state index is 0.0726. The monoisotopic (exact) mass is 302 g/mol. The summed E-state index contributed by atoms with van der Waals surface area (Å²) in [5, 5.41) is 0. The predicted octanol–water partition coefficient (Wildman–Crippen LogP) is 3.99. The number of aromatic nitrogens is 1. The summed E-state index contributed by atoms with van der Waals surface area (Å²) in [6.45, 7) is 2.82. The van der Waals surface area contributed by atoms with Crippen LogP contribution in [-0.2, 0) is 6.42 Å². The molecule has 2 aromatic carbocycles. The maximum atomic E-state index is 13.0. The quantitative estimate of drug-likeness (QED) is 0.702. The van der Waals surface area contributed by atoms with Crippen LogP contribution in [0, 0.1) is 6.92 Å². The molecule has 4 rings (SSSR count). The summed E-state index contributed by atoms with van der Waals surface area (Å²) in [6.07, 6.45) is 4.93. The van der Waals surface area contributed by atoms with Gasteiger partial charge in [-0.15, -0.1) is 0 Å². The molecule has 0 saturated heterocycles. The molecule has 23 heavy (non-hydrogen) atoms. The van der Waals surface area contributed by atoms with Crippen LogP contribution in [-0.4, -0.2) is 17.0 Å². The average molecular weight is 302 g/mol. The van der Waals surface area contributed by atoms with Crippen molar-refractivity contribution in [3.63, 3.8) is 0 Å². The lowest BCUT2D eigenvalue weighted by atomic mass is 10.1. The van der Waals surface area contributed by atoms with Gasteiger partial charge in [-0.25, -0.2) is 0 Å². The highest BCUT2D eigenvalue weighted by molar-refractivity contribution is 6.07. The number of fused-ring (bicyclic) bond motifs is 1. The largest absolute Gasteiger partial charge is 0.324 e. The third-order valence-electron chi connectivity index (χ3n) is 4.47. The molecule has 0 atom stereocenters. The Balaban J connectivity index is 1.72. The van der Waals surface area contributed by atoms with Crippen molar-refractivity contribution in [1.82, 2.24) is 4.57 Å². The second-order valence-corrected chi connectivity index (χ2v) is 5.93. The first-order valence-corrected chi connectivity index (χ1v) is 7.88. The molecule has 0 N–H and O–H groups in total. The molecule has 1 aromatic heterocycles. The number of para-hydroxylation sites is 1. The van der Waals surface area contributed by atoms with E-state index >= 15 is 0 Å². The molecule has 1 aliphatic heterocycles. The van der Waals surface area contributed by atoms with Gasteiger partial charge in [0.15, 0.2) is 0 Å². The summed E-state index contributed by atoms with van der Waals surface area (Å²) < 4.78 is 2.05. The summed E-state index contributed by atoms with van der Waals surface area (Å²) >= 11 is 0. The first-order valence-electron chi connectivity index (χ1n) is 7.88. The van der Waals surface area contributed by atoms with Crippen molar-refractivity contribution in [2.75, 3.05) is 11.4 Å². The average Bonchev–Trinajstić information content (AvgIpc) is 3.24. The summed E-state index contributed by atoms with van der Waals surface area (Å²) in [7, 11) is 0. The van der Waals surface area contributed by atoms with Gasteiger partial charge in [-0.1, -0.05) is 24.3 Å². The van der Waals surface area contributed by atoms with Crippen LogP contribution in [0.15, 0.2) is 67.0 Å². The fraction of sp³-hybridized carbons (Fsp3) is 0.150. The zero-order valence-electron chi connectivity index (χ0n) is 13.1. The highest BCUT2D eigenvalue weighted by atomic mass is 16.2. The molecule has 0 spiro atoms. The normalized spacial score (nSPS) is 13.2. The standard InChI is InChI=1S/C20H18N2O/c1-15-8-9-17(14-19(15)21-11-4-5-12-21)20(23)22-13-10-16-6-2-3-7-18(16)22/h2-9,11-12,14H,10,13H2,1H3. The van der Waals surface area contributed by atoms with E-state index in [9.17, 15) is 4.79 Å². The van der Waals surface area contributed by atoms with Gasteiger partial charge in [-0.3, -0.25) is 4.79 Å². The van der Waals surface area contributed by atoms with Gasteiger partial charge in [0.05, 0.1) is 0 Å². The van der Waals surface area contributed by atoms with Gasteiger partial charge in [0.25, 0.3) is 5.91 Å². The second-order valence-electron chi connectivity index (χ2n) is 5.93. The van der Waals surface area contributed by atoms with E-state index in [0.29, 0.717) is 0 Å². The Kier molecular flexibility index (Phi) is 3.27. The molecule has 1 amide bonds. The van der Waals surface area contributed by atoms with Crippen molar-refractivity contribution >= 4 is 11.6 Å². The molecule has 3 heteroatoms. The maximum Gasteiger partial charge on any atom is 0.258 e. The number of benzene rings is 2. The Morgan fingerprint density at radius 1 is 0.957 bits per heavy atom.